The van der Waals surface area contributed by atoms with Gasteiger partial charge < -0.3 is 20.1 Å². The molecule has 2 N–H and O–H groups in total. The minimum atomic E-state index is -0.0520. The van der Waals surface area contributed by atoms with E-state index in [1.165, 1.54) is 11.3 Å². The minimum Gasteiger partial charge on any atom is -0.396 e. The number of hydrogen-bond donors (Lipinski definition) is 2. The van der Waals surface area contributed by atoms with Gasteiger partial charge in [0.25, 0.3) is 0 Å². The van der Waals surface area contributed by atoms with Crippen molar-refractivity contribution in [3.63, 3.8) is 0 Å². The van der Waals surface area contributed by atoms with Crippen LogP contribution in [0.5, 0.6) is 0 Å². The summed E-state index contributed by atoms with van der Waals surface area (Å²) in [4.78, 5) is 2.09. The van der Waals surface area contributed by atoms with Crippen LogP contribution in [0.3, 0.4) is 0 Å². The molecule has 0 bridgehead atoms. The van der Waals surface area contributed by atoms with E-state index in [0.717, 1.165) is 13.1 Å². The van der Waals surface area contributed by atoms with Gasteiger partial charge in [0.1, 0.15) is 0 Å². The molecule has 4 nitrogen and oxygen atoms in total. The van der Waals surface area contributed by atoms with Crippen LogP contribution in [-0.2, 0) is 11.3 Å². The number of aliphatic hydroxyl groups excluding tert-OH is 1. The Morgan fingerprint density at radius 3 is 2.39 bits per heavy atom. The number of hydrogen-bond acceptors (Lipinski definition) is 4. The summed E-state index contributed by atoms with van der Waals surface area (Å²) in [5.74, 6) is 0. The molecule has 0 aliphatic carbocycles. The van der Waals surface area contributed by atoms with Gasteiger partial charge in [0, 0.05) is 32.9 Å². The molecule has 4 heteroatoms. The van der Waals surface area contributed by atoms with E-state index in [-0.39, 0.29) is 12.0 Å². The molecule has 1 aliphatic heterocycles. The Morgan fingerprint density at radius 2 is 1.94 bits per heavy atom. The van der Waals surface area contributed by atoms with Gasteiger partial charge in [0.15, 0.2) is 0 Å². The van der Waals surface area contributed by atoms with Gasteiger partial charge in [-0.2, -0.15) is 0 Å². The third kappa shape index (κ3) is 3.02. The molecule has 2 rings (SSSR count). The normalized spacial score (nSPS) is 17.3. The first-order valence-corrected chi connectivity index (χ1v) is 6.31. The standard InChI is InChI=1S/C14H22N2O2/c1-16(2)13-5-3-12(4-6-13)7-15-8-14(9-17)10-18-11-14/h3-6,15,17H,7-11H2,1-2H3. The number of rotatable bonds is 6. The van der Waals surface area contributed by atoms with Gasteiger partial charge in [-0.25, -0.2) is 0 Å². The molecule has 18 heavy (non-hydrogen) atoms. The maximum atomic E-state index is 9.31. The average molecular weight is 250 g/mol. The van der Waals surface area contributed by atoms with Crippen molar-refractivity contribution in [3.05, 3.63) is 29.8 Å². The third-order valence-corrected chi connectivity index (χ3v) is 3.43. The summed E-state index contributed by atoms with van der Waals surface area (Å²) in [5.41, 5.74) is 2.41. The van der Waals surface area contributed by atoms with Crippen molar-refractivity contribution in [3.8, 4) is 0 Å². The van der Waals surface area contributed by atoms with E-state index < -0.39 is 0 Å². The van der Waals surface area contributed by atoms with Gasteiger partial charge in [0.05, 0.1) is 25.2 Å². The largest absolute Gasteiger partial charge is 0.396 e. The maximum absolute atomic E-state index is 9.31. The zero-order valence-electron chi connectivity index (χ0n) is 11.1. The minimum absolute atomic E-state index is 0.0520. The molecule has 0 saturated carbocycles. The molecule has 1 fully saturated rings. The molecule has 1 saturated heterocycles. The highest BCUT2D eigenvalue weighted by molar-refractivity contribution is 5.45. The van der Waals surface area contributed by atoms with Gasteiger partial charge in [-0.1, -0.05) is 12.1 Å². The van der Waals surface area contributed by atoms with E-state index in [1.54, 1.807) is 0 Å². The maximum Gasteiger partial charge on any atom is 0.0579 e. The summed E-state index contributed by atoms with van der Waals surface area (Å²) in [6.45, 7) is 3.15. The van der Waals surface area contributed by atoms with Crippen LogP contribution in [-0.4, -0.2) is 45.6 Å². The molecule has 0 aromatic heterocycles. The van der Waals surface area contributed by atoms with Crippen LogP contribution < -0.4 is 10.2 Å². The summed E-state index contributed by atoms with van der Waals surface area (Å²) >= 11 is 0. The number of nitrogens with one attached hydrogen (secondary N) is 1. The van der Waals surface area contributed by atoms with Gasteiger partial charge in [0.2, 0.25) is 0 Å². The predicted octanol–water partition coefficient (Wildman–Crippen LogP) is 0.851. The Hall–Kier alpha value is -1.10. The lowest BCUT2D eigenvalue weighted by atomic mass is 9.87. The highest BCUT2D eigenvalue weighted by Crippen LogP contribution is 2.25. The Labute approximate surface area is 109 Å². The second kappa shape index (κ2) is 5.69. The third-order valence-electron chi connectivity index (χ3n) is 3.43. The molecule has 1 aromatic carbocycles. The Balaban J connectivity index is 1.79. The Morgan fingerprint density at radius 1 is 1.28 bits per heavy atom. The first kappa shape index (κ1) is 13.3. The molecule has 1 aliphatic rings. The van der Waals surface area contributed by atoms with E-state index in [1.807, 2.05) is 14.1 Å². The number of aliphatic hydroxyl groups is 1. The van der Waals surface area contributed by atoms with Crippen molar-refractivity contribution in [2.75, 3.05) is 45.4 Å². The first-order valence-electron chi connectivity index (χ1n) is 6.31. The van der Waals surface area contributed by atoms with Crippen molar-refractivity contribution < 1.29 is 9.84 Å². The van der Waals surface area contributed by atoms with E-state index in [2.05, 4.69) is 34.5 Å². The van der Waals surface area contributed by atoms with Crippen molar-refractivity contribution in [2.24, 2.45) is 5.41 Å². The molecule has 0 unspecified atom stereocenters. The zero-order valence-corrected chi connectivity index (χ0v) is 11.1. The van der Waals surface area contributed by atoms with Gasteiger partial charge in [-0.05, 0) is 17.7 Å². The summed E-state index contributed by atoms with van der Waals surface area (Å²) in [6, 6.07) is 8.49. The highest BCUT2D eigenvalue weighted by Gasteiger charge is 2.37. The van der Waals surface area contributed by atoms with Crippen LogP contribution in [0, 0.1) is 5.41 Å². The van der Waals surface area contributed by atoms with Crippen LogP contribution in [0.2, 0.25) is 0 Å². The Bertz CT molecular complexity index is 366. The zero-order chi connectivity index (χ0) is 13.0. The number of ether oxygens (including phenoxy) is 1. The quantitative estimate of drug-likeness (QED) is 0.786. The van der Waals surface area contributed by atoms with Crippen LogP contribution in [0.4, 0.5) is 5.69 Å². The lowest BCUT2D eigenvalue weighted by molar-refractivity contribution is -0.134. The second-order valence-corrected chi connectivity index (χ2v) is 5.32. The van der Waals surface area contributed by atoms with Crippen LogP contribution in [0.15, 0.2) is 24.3 Å². The van der Waals surface area contributed by atoms with Crippen molar-refractivity contribution >= 4 is 5.69 Å². The number of nitrogens with zero attached hydrogens (tertiary/aromatic N) is 1. The molecule has 100 valence electrons. The summed E-state index contributed by atoms with van der Waals surface area (Å²) in [5, 5.41) is 12.7. The molecule has 0 atom stereocenters. The molecular formula is C14H22N2O2. The monoisotopic (exact) mass is 250 g/mol. The second-order valence-electron chi connectivity index (χ2n) is 5.32. The Kier molecular flexibility index (Phi) is 4.22. The lowest BCUT2D eigenvalue weighted by Crippen LogP contribution is -2.52. The van der Waals surface area contributed by atoms with Gasteiger partial charge in [-0.15, -0.1) is 0 Å². The first-order chi connectivity index (χ1) is 8.65. The van der Waals surface area contributed by atoms with Crippen molar-refractivity contribution in [1.29, 1.82) is 0 Å². The number of anilines is 1. The SMILES string of the molecule is CN(C)c1ccc(CNCC2(CO)COC2)cc1. The van der Waals surface area contributed by atoms with E-state index in [0.29, 0.717) is 13.2 Å². The molecule has 0 spiro atoms. The predicted molar refractivity (Wildman–Crippen MR) is 72.8 cm³/mol. The molecule has 0 radical (unpaired) electrons. The molecule has 1 aromatic rings. The lowest BCUT2D eigenvalue weighted by Gasteiger charge is -2.40. The van der Waals surface area contributed by atoms with Crippen LogP contribution >= 0.6 is 0 Å². The van der Waals surface area contributed by atoms with Gasteiger partial charge in [-0.3, -0.25) is 0 Å². The fraction of sp³-hybridized carbons (Fsp3) is 0.571. The summed E-state index contributed by atoms with van der Waals surface area (Å²) in [6.07, 6.45) is 0. The fourth-order valence-corrected chi connectivity index (χ4v) is 2.02. The topological polar surface area (TPSA) is 44.7 Å². The molecule has 0 amide bonds. The van der Waals surface area contributed by atoms with Crippen LogP contribution in [0.25, 0.3) is 0 Å². The molecular weight excluding hydrogens is 228 g/mol. The van der Waals surface area contributed by atoms with Crippen LogP contribution in [0.1, 0.15) is 5.56 Å². The van der Waals surface area contributed by atoms with Crippen molar-refractivity contribution in [2.45, 2.75) is 6.54 Å². The summed E-state index contributed by atoms with van der Waals surface area (Å²) in [7, 11) is 4.07. The van der Waals surface area contributed by atoms with E-state index in [9.17, 15) is 5.11 Å². The fourth-order valence-electron chi connectivity index (χ4n) is 2.02. The molecule has 1 heterocycles. The van der Waals surface area contributed by atoms with Crippen molar-refractivity contribution in [1.82, 2.24) is 5.32 Å². The van der Waals surface area contributed by atoms with Gasteiger partial charge >= 0.3 is 0 Å². The van der Waals surface area contributed by atoms with E-state index >= 15 is 0 Å². The average Bonchev–Trinajstić information content (AvgIpc) is 2.33. The summed E-state index contributed by atoms with van der Waals surface area (Å²) < 4.78 is 5.17. The number of benzene rings is 1. The highest BCUT2D eigenvalue weighted by atomic mass is 16.5. The van der Waals surface area contributed by atoms with E-state index in [4.69, 9.17) is 4.74 Å². The smallest absolute Gasteiger partial charge is 0.0579 e.